The number of carbonyl (C=O) groups excluding carboxylic acids is 1. The number of phenolic OH excluding ortho intramolecular Hbond substituents is 3. The molecule has 9 N–H and O–H groups in total. The molecule has 2 aromatic carbocycles. The Morgan fingerprint density at radius 2 is 1.82 bits per heavy atom. The van der Waals surface area contributed by atoms with Gasteiger partial charge in [-0.15, -0.1) is 0 Å². The van der Waals surface area contributed by atoms with Crippen molar-refractivity contribution in [2.45, 2.75) is 87.8 Å². The van der Waals surface area contributed by atoms with Crippen LogP contribution in [0.4, 0.5) is 0 Å². The third-order valence-electron chi connectivity index (χ3n) is 8.58. The average Bonchev–Trinajstić information content (AvgIpc) is 2.89. The molecule has 1 aliphatic heterocycles. The number of aliphatic hydroxyl groups is 3. The Labute approximate surface area is 229 Å². The lowest BCUT2D eigenvalue weighted by Crippen LogP contribution is -2.52. The molecular weight excluding hydrogens is 526 g/mol. The lowest BCUT2D eigenvalue weighted by Gasteiger charge is -2.46. The van der Waals surface area contributed by atoms with Crippen molar-refractivity contribution in [2.75, 3.05) is 0 Å². The highest BCUT2D eigenvalue weighted by Gasteiger charge is 2.52. The van der Waals surface area contributed by atoms with Crippen molar-refractivity contribution in [3.8, 4) is 17.2 Å². The van der Waals surface area contributed by atoms with Crippen LogP contribution in [0.3, 0.4) is 0 Å². The molecule has 2 aromatic rings. The Hall–Kier alpha value is -3.26. The van der Waals surface area contributed by atoms with E-state index in [1.807, 2.05) is 0 Å². The van der Waals surface area contributed by atoms with Crippen LogP contribution < -0.4 is 5.73 Å². The normalized spacial score (nSPS) is 33.1. The highest BCUT2D eigenvalue weighted by molar-refractivity contribution is 6.15. The predicted octanol–water partition coefficient (Wildman–Crippen LogP) is 1.41. The van der Waals surface area contributed by atoms with Crippen molar-refractivity contribution in [2.24, 2.45) is 5.73 Å². The summed E-state index contributed by atoms with van der Waals surface area (Å²) < 4.78 is 11.9. The first-order valence-corrected chi connectivity index (χ1v) is 13.2. The molecule has 216 valence electrons. The number of ether oxygens (including phenoxy) is 2. The Bertz CT molecular complexity index is 1360. The van der Waals surface area contributed by atoms with Crippen LogP contribution in [-0.4, -0.2) is 77.6 Å². The van der Waals surface area contributed by atoms with E-state index in [1.54, 1.807) is 13.8 Å². The second-order valence-corrected chi connectivity index (χ2v) is 10.9. The number of aliphatic hydroxyl groups excluding tert-OH is 2. The van der Waals surface area contributed by atoms with Crippen LogP contribution in [0.5, 0.6) is 17.2 Å². The first-order chi connectivity index (χ1) is 18.8. The van der Waals surface area contributed by atoms with Gasteiger partial charge in [0.2, 0.25) is 0 Å². The van der Waals surface area contributed by atoms with E-state index in [-0.39, 0.29) is 47.1 Å². The minimum Gasteiger partial charge on any atom is -0.508 e. The summed E-state index contributed by atoms with van der Waals surface area (Å²) in [6, 6.07) is 3.30. The molecule has 0 saturated carbocycles. The van der Waals surface area contributed by atoms with Gasteiger partial charge < -0.3 is 51.0 Å². The summed E-state index contributed by atoms with van der Waals surface area (Å²) in [6.45, 7) is 3.23. The van der Waals surface area contributed by atoms with Crippen molar-refractivity contribution in [3.05, 3.63) is 51.6 Å². The van der Waals surface area contributed by atoms with E-state index in [2.05, 4.69) is 0 Å². The van der Waals surface area contributed by atoms with Gasteiger partial charge in [-0.1, -0.05) is 19.1 Å². The summed E-state index contributed by atoms with van der Waals surface area (Å²) in [6.07, 6.45) is -6.35. The number of phenols is 3. The van der Waals surface area contributed by atoms with Crippen molar-refractivity contribution >= 4 is 11.8 Å². The van der Waals surface area contributed by atoms with E-state index in [9.17, 15) is 45.3 Å². The Morgan fingerprint density at radius 3 is 2.45 bits per heavy atom. The lowest BCUT2D eigenvalue weighted by atomic mass is 9.65. The van der Waals surface area contributed by atoms with Crippen LogP contribution >= 0.6 is 0 Å². The van der Waals surface area contributed by atoms with E-state index >= 15 is 0 Å². The molecule has 5 rings (SSSR count). The zero-order valence-electron chi connectivity index (χ0n) is 21.9. The fourth-order valence-corrected chi connectivity index (χ4v) is 6.44. The van der Waals surface area contributed by atoms with Gasteiger partial charge in [0.1, 0.15) is 23.4 Å². The van der Waals surface area contributed by atoms with Crippen molar-refractivity contribution in [1.82, 2.24) is 0 Å². The molecule has 1 saturated heterocycles. The topological polar surface area (TPSA) is 220 Å². The van der Waals surface area contributed by atoms with Gasteiger partial charge in [0.15, 0.2) is 12.1 Å². The fraction of sp³-hybridized carbons (Fsp3) is 0.500. The molecule has 2 aliphatic carbocycles. The molecule has 0 radical (unpaired) electrons. The van der Waals surface area contributed by atoms with Crippen LogP contribution in [0.1, 0.15) is 95.8 Å². The van der Waals surface area contributed by atoms with E-state index in [1.165, 1.54) is 18.2 Å². The number of aromatic hydroxyl groups is 3. The minimum atomic E-state index is -1.75. The first kappa shape index (κ1) is 28.3. The maximum Gasteiger partial charge on any atom is 0.304 e. The van der Waals surface area contributed by atoms with Gasteiger partial charge in [0.05, 0.1) is 35.9 Å². The Kier molecular flexibility index (Phi) is 7.06. The van der Waals surface area contributed by atoms with Gasteiger partial charge in [0.25, 0.3) is 0 Å². The smallest absolute Gasteiger partial charge is 0.304 e. The van der Waals surface area contributed by atoms with E-state index in [4.69, 9.17) is 15.2 Å². The van der Waals surface area contributed by atoms with Gasteiger partial charge in [-0.2, -0.15) is 0 Å². The van der Waals surface area contributed by atoms with Crippen molar-refractivity contribution in [1.29, 1.82) is 0 Å². The standard InChI is InChI=1S/C28H33NO11/c1-3-28(38)9-15(40-17-8-13(29)23(33)10(2)39-17)20-19(12(28)7-16(31)32)26(36)21-22(27(20)37)25(35)18-11(24(21)34)5-4-6-14(18)30/h4-6,10,12-13,15,17,23,25,30,33,35-38H,3,7-9,29H2,1-2H3,(H,31,32)/t10-,12?,13-,15-,17-,23+,25?,28+/m0/s1. The number of fused-ring (bicyclic) bond motifs is 3. The molecular formula is C28H33NO11. The Morgan fingerprint density at radius 1 is 1.12 bits per heavy atom. The average molecular weight is 560 g/mol. The van der Waals surface area contributed by atoms with Gasteiger partial charge in [-0.25, -0.2) is 0 Å². The first-order valence-electron chi connectivity index (χ1n) is 13.2. The molecule has 8 atom stereocenters. The van der Waals surface area contributed by atoms with Crippen LogP contribution in [0.2, 0.25) is 0 Å². The quantitative estimate of drug-likeness (QED) is 0.244. The fourth-order valence-electron chi connectivity index (χ4n) is 6.44. The SMILES string of the molecule is CC[C@@]1(O)C[C@H](O[C@H]2C[C@H](N)[C@H](O)[C@H](C)O2)c2c(O)c3c(c(O)c2C1CC(=O)O)C(=O)c1cccc(O)c1C3O. The van der Waals surface area contributed by atoms with Gasteiger partial charge in [-0.3, -0.25) is 9.59 Å². The molecule has 12 nitrogen and oxygen atoms in total. The number of ketones is 1. The zero-order valence-corrected chi connectivity index (χ0v) is 21.9. The number of benzene rings is 2. The molecule has 40 heavy (non-hydrogen) atoms. The van der Waals surface area contributed by atoms with E-state index < -0.39 is 89.3 Å². The summed E-state index contributed by atoms with van der Waals surface area (Å²) in [5.41, 5.74) is 2.93. The van der Waals surface area contributed by atoms with Crippen LogP contribution in [-0.2, 0) is 14.3 Å². The summed E-state index contributed by atoms with van der Waals surface area (Å²) in [5, 5.41) is 76.5. The summed E-state index contributed by atoms with van der Waals surface area (Å²) >= 11 is 0. The maximum absolute atomic E-state index is 13.6. The second-order valence-electron chi connectivity index (χ2n) is 10.9. The third-order valence-corrected chi connectivity index (χ3v) is 8.58. The van der Waals surface area contributed by atoms with E-state index in [0.717, 1.165) is 0 Å². The van der Waals surface area contributed by atoms with Crippen molar-refractivity contribution in [3.63, 3.8) is 0 Å². The molecule has 0 amide bonds. The molecule has 12 heteroatoms. The molecule has 2 unspecified atom stereocenters. The van der Waals surface area contributed by atoms with Gasteiger partial charge in [-0.05, 0) is 19.4 Å². The number of hydrogen-bond acceptors (Lipinski definition) is 11. The molecule has 0 spiro atoms. The zero-order chi connectivity index (χ0) is 29.3. The summed E-state index contributed by atoms with van der Waals surface area (Å²) in [7, 11) is 0. The third kappa shape index (κ3) is 4.23. The number of carboxylic acids is 1. The van der Waals surface area contributed by atoms with Crippen LogP contribution in [0, 0.1) is 0 Å². The predicted molar refractivity (Wildman–Crippen MR) is 137 cm³/mol. The van der Waals surface area contributed by atoms with E-state index in [0.29, 0.717) is 0 Å². The molecule has 1 heterocycles. The monoisotopic (exact) mass is 559 g/mol. The number of carbonyl (C=O) groups is 2. The number of nitrogens with two attached hydrogens (primary N) is 1. The van der Waals surface area contributed by atoms with Crippen molar-refractivity contribution < 1.29 is 54.8 Å². The number of hydrogen-bond donors (Lipinski definition) is 8. The number of carboxylic acid groups (broad SMARTS) is 1. The number of rotatable bonds is 5. The summed E-state index contributed by atoms with van der Waals surface area (Å²) in [5.74, 6) is -5.07. The minimum absolute atomic E-state index is 0.0367. The maximum atomic E-state index is 13.6. The van der Waals surface area contributed by atoms with Gasteiger partial charge >= 0.3 is 5.97 Å². The second kappa shape index (κ2) is 9.98. The highest BCUT2D eigenvalue weighted by Crippen LogP contribution is 2.59. The van der Waals surface area contributed by atoms with Crippen LogP contribution in [0.25, 0.3) is 0 Å². The van der Waals surface area contributed by atoms with Gasteiger partial charge in [0, 0.05) is 52.6 Å². The largest absolute Gasteiger partial charge is 0.508 e. The highest BCUT2D eigenvalue weighted by atomic mass is 16.7. The molecule has 0 bridgehead atoms. The number of aliphatic carboxylic acids is 1. The molecule has 0 aromatic heterocycles. The molecule has 1 fully saturated rings. The lowest BCUT2D eigenvalue weighted by molar-refractivity contribution is -0.249. The summed E-state index contributed by atoms with van der Waals surface area (Å²) in [4.78, 5) is 25.5. The molecule has 3 aliphatic rings. The van der Waals surface area contributed by atoms with Crippen LogP contribution in [0.15, 0.2) is 18.2 Å². The Balaban J connectivity index is 1.73.